The average Bonchev–Trinajstić information content (AvgIpc) is 2.08. The number of aliphatic hydroxyl groups is 1. The van der Waals surface area contributed by atoms with Crippen LogP contribution in [0.15, 0.2) is 0 Å². The SMILES string of the molecule is CCCCCCC(CCO)S(=O)(=O)[O-].[K+]. The number of unbranched alkanes of at least 4 members (excludes halogenated alkanes) is 3. The second-order valence-electron chi connectivity index (χ2n) is 3.48. The Morgan fingerprint density at radius 2 is 1.80 bits per heavy atom. The van der Waals surface area contributed by atoms with Gasteiger partial charge in [0.25, 0.3) is 0 Å². The molecule has 0 rings (SSSR count). The first kappa shape index (κ1) is 18.9. The van der Waals surface area contributed by atoms with Crippen LogP contribution in [0.25, 0.3) is 0 Å². The molecule has 0 fully saturated rings. The van der Waals surface area contributed by atoms with Crippen LogP contribution in [0, 0.1) is 0 Å². The molecule has 0 radical (unpaired) electrons. The zero-order chi connectivity index (χ0) is 11.0. The van der Waals surface area contributed by atoms with Gasteiger partial charge in [-0.3, -0.25) is 0 Å². The average molecular weight is 262 g/mol. The molecule has 86 valence electrons. The molecule has 0 saturated heterocycles. The van der Waals surface area contributed by atoms with Crippen LogP contribution in [0.3, 0.4) is 0 Å². The molecule has 0 aromatic heterocycles. The van der Waals surface area contributed by atoms with Gasteiger partial charge in [0.1, 0.15) is 0 Å². The van der Waals surface area contributed by atoms with Crippen molar-refractivity contribution in [3.05, 3.63) is 0 Å². The molecule has 0 amide bonds. The van der Waals surface area contributed by atoms with Gasteiger partial charge in [0.15, 0.2) is 0 Å². The molecule has 0 heterocycles. The van der Waals surface area contributed by atoms with Crippen LogP contribution in [-0.4, -0.2) is 29.9 Å². The topological polar surface area (TPSA) is 77.4 Å². The molecule has 0 aliphatic carbocycles. The van der Waals surface area contributed by atoms with Gasteiger partial charge in [0.2, 0.25) is 0 Å². The molecule has 6 heteroatoms. The standard InChI is InChI=1S/C9H20O4S.K/c1-2-3-4-5-6-9(7-8-10)14(11,12)13;/h9-10H,2-8H2,1H3,(H,11,12,13);/q;+1/p-1. The molecule has 0 saturated carbocycles. The first-order valence-corrected chi connectivity index (χ1v) is 6.55. The summed E-state index contributed by atoms with van der Waals surface area (Å²) in [5.41, 5.74) is 0. The molecule has 1 atom stereocenters. The minimum Gasteiger partial charge on any atom is -0.748 e. The van der Waals surface area contributed by atoms with Gasteiger partial charge in [-0.25, -0.2) is 8.42 Å². The predicted molar refractivity (Wildman–Crippen MR) is 53.9 cm³/mol. The van der Waals surface area contributed by atoms with E-state index in [1.165, 1.54) is 0 Å². The summed E-state index contributed by atoms with van der Waals surface area (Å²) in [5.74, 6) is 0. The van der Waals surface area contributed by atoms with E-state index in [-0.39, 0.29) is 64.4 Å². The maximum Gasteiger partial charge on any atom is 1.00 e. The van der Waals surface area contributed by atoms with Gasteiger partial charge < -0.3 is 9.66 Å². The van der Waals surface area contributed by atoms with Gasteiger partial charge in [-0.1, -0.05) is 32.6 Å². The number of hydrogen-bond donors (Lipinski definition) is 1. The van der Waals surface area contributed by atoms with E-state index in [1.54, 1.807) is 0 Å². The third-order valence-corrected chi connectivity index (χ3v) is 3.53. The van der Waals surface area contributed by atoms with E-state index in [9.17, 15) is 13.0 Å². The van der Waals surface area contributed by atoms with E-state index < -0.39 is 15.4 Å². The van der Waals surface area contributed by atoms with Crippen LogP contribution in [0.4, 0.5) is 0 Å². The van der Waals surface area contributed by atoms with Crippen molar-refractivity contribution in [3.8, 4) is 0 Å². The molecule has 4 nitrogen and oxygen atoms in total. The zero-order valence-corrected chi connectivity index (χ0v) is 13.5. The third-order valence-electron chi connectivity index (χ3n) is 2.24. The maximum atomic E-state index is 10.7. The minimum atomic E-state index is -4.22. The summed E-state index contributed by atoms with van der Waals surface area (Å²) in [6.45, 7) is 1.83. The molecule has 1 unspecified atom stereocenters. The van der Waals surface area contributed by atoms with Crippen LogP contribution in [-0.2, 0) is 10.1 Å². The van der Waals surface area contributed by atoms with Gasteiger partial charge in [0.05, 0.1) is 15.4 Å². The second-order valence-corrected chi connectivity index (χ2v) is 5.13. The van der Waals surface area contributed by atoms with Gasteiger partial charge in [-0.2, -0.15) is 0 Å². The van der Waals surface area contributed by atoms with Crippen LogP contribution in [0.1, 0.15) is 45.4 Å². The fourth-order valence-electron chi connectivity index (χ4n) is 1.38. The van der Waals surface area contributed by atoms with Crippen LogP contribution in [0.2, 0.25) is 0 Å². The summed E-state index contributed by atoms with van der Waals surface area (Å²) in [6.07, 6.45) is 4.29. The summed E-state index contributed by atoms with van der Waals surface area (Å²) in [4.78, 5) is 0. The van der Waals surface area contributed by atoms with Gasteiger partial charge >= 0.3 is 51.4 Å². The van der Waals surface area contributed by atoms with Crippen molar-refractivity contribution in [3.63, 3.8) is 0 Å². The predicted octanol–water partition coefficient (Wildman–Crippen LogP) is -1.74. The Morgan fingerprint density at radius 3 is 2.20 bits per heavy atom. The third kappa shape index (κ3) is 10.4. The molecule has 0 aromatic carbocycles. The van der Waals surface area contributed by atoms with Crippen molar-refractivity contribution < 1.29 is 69.5 Å². The normalized spacial score (nSPS) is 13.3. The Balaban J connectivity index is 0. The molecular formula is C9H19KO4S. The van der Waals surface area contributed by atoms with Crippen molar-refractivity contribution >= 4 is 10.1 Å². The molecule has 0 aliphatic rings. The number of hydrogen-bond acceptors (Lipinski definition) is 4. The van der Waals surface area contributed by atoms with Crippen molar-refractivity contribution in [2.75, 3.05) is 6.61 Å². The van der Waals surface area contributed by atoms with E-state index in [2.05, 4.69) is 6.92 Å². The van der Waals surface area contributed by atoms with Gasteiger partial charge in [0, 0.05) is 6.61 Å². The Morgan fingerprint density at radius 1 is 1.20 bits per heavy atom. The van der Waals surface area contributed by atoms with Crippen LogP contribution < -0.4 is 51.4 Å². The number of rotatable bonds is 8. The zero-order valence-electron chi connectivity index (χ0n) is 9.61. The van der Waals surface area contributed by atoms with E-state index in [0.29, 0.717) is 6.42 Å². The monoisotopic (exact) mass is 262 g/mol. The van der Waals surface area contributed by atoms with Crippen molar-refractivity contribution in [1.82, 2.24) is 0 Å². The van der Waals surface area contributed by atoms with Crippen LogP contribution in [0.5, 0.6) is 0 Å². The molecule has 0 spiro atoms. The summed E-state index contributed by atoms with van der Waals surface area (Å²) in [5, 5.41) is 7.70. The second kappa shape index (κ2) is 10.6. The van der Waals surface area contributed by atoms with E-state index in [4.69, 9.17) is 5.11 Å². The Labute approximate surface area is 135 Å². The molecule has 0 bridgehead atoms. The minimum absolute atomic E-state index is 0. The Kier molecular flexibility index (Phi) is 13.4. The first-order chi connectivity index (χ1) is 6.52. The molecule has 0 aliphatic heterocycles. The summed E-state index contributed by atoms with van der Waals surface area (Å²) < 4.78 is 32.2. The van der Waals surface area contributed by atoms with Crippen molar-refractivity contribution in [1.29, 1.82) is 0 Å². The maximum absolute atomic E-state index is 10.7. The molecule has 1 N–H and O–H groups in total. The van der Waals surface area contributed by atoms with Crippen LogP contribution >= 0.6 is 0 Å². The van der Waals surface area contributed by atoms with E-state index in [1.807, 2.05) is 0 Å². The van der Waals surface area contributed by atoms with Crippen molar-refractivity contribution in [2.45, 2.75) is 50.7 Å². The fourth-order valence-corrected chi connectivity index (χ4v) is 2.23. The quantitative estimate of drug-likeness (QED) is 0.320. The molecule has 0 aromatic rings. The van der Waals surface area contributed by atoms with E-state index >= 15 is 0 Å². The molecule has 15 heavy (non-hydrogen) atoms. The smallest absolute Gasteiger partial charge is 0.748 e. The Hall–Kier alpha value is 1.51. The summed E-state index contributed by atoms with van der Waals surface area (Å²) in [7, 11) is -4.22. The first-order valence-electron chi connectivity index (χ1n) is 5.08. The number of aliphatic hydroxyl groups excluding tert-OH is 1. The van der Waals surface area contributed by atoms with Gasteiger partial charge in [-0.15, -0.1) is 0 Å². The largest absolute Gasteiger partial charge is 1.00 e. The summed E-state index contributed by atoms with van der Waals surface area (Å²) in [6, 6.07) is 0. The summed E-state index contributed by atoms with van der Waals surface area (Å²) >= 11 is 0. The molecular weight excluding hydrogens is 243 g/mol. The van der Waals surface area contributed by atoms with Gasteiger partial charge in [-0.05, 0) is 12.8 Å². The van der Waals surface area contributed by atoms with E-state index in [0.717, 1.165) is 25.7 Å². The van der Waals surface area contributed by atoms with Crippen molar-refractivity contribution in [2.24, 2.45) is 0 Å². The Bertz CT molecular complexity index is 228. The fraction of sp³-hybridized carbons (Fsp3) is 1.00.